The van der Waals surface area contributed by atoms with E-state index in [4.69, 9.17) is 10.8 Å². The summed E-state index contributed by atoms with van der Waals surface area (Å²) in [5, 5.41) is 13.5. The average Bonchev–Trinajstić information content (AvgIpc) is 3.33. The topological polar surface area (TPSA) is 134 Å². The van der Waals surface area contributed by atoms with Crippen LogP contribution in [0.2, 0.25) is 0 Å². The molecule has 1 aromatic heterocycles. The fourth-order valence-corrected chi connectivity index (χ4v) is 3.05. The highest BCUT2D eigenvalue weighted by Crippen LogP contribution is 2.37. The van der Waals surface area contributed by atoms with Crippen LogP contribution in [0.4, 0.5) is 32.0 Å². The quantitative estimate of drug-likeness (QED) is 0.351. The molecule has 1 fully saturated rings. The summed E-state index contributed by atoms with van der Waals surface area (Å²) in [5.41, 5.74) is 2.24. The van der Waals surface area contributed by atoms with Gasteiger partial charge in [-0.25, -0.2) is 0 Å². The van der Waals surface area contributed by atoms with Gasteiger partial charge in [0, 0.05) is 23.0 Å². The second-order valence-electron chi connectivity index (χ2n) is 7.79. The van der Waals surface area contributed by atoms with E-state index in [2.05, 4.69) is 15.6 Å². The molecule has 8 nitrogen and oxygen atoms in total. The molecule has 0 spiro atoms. The minimum absolute atomic E-state index is 0.0962. The van der Waals surface area contributed by atoms with E-state index >= 15 is 0 Å². The van der Waals surface area contributed by atoms with Gasteiger partial charge < -0.3 is 21.5 Å². The zero-order valence-corrected chi connectivity index (χ0v) is 18.7. The Morgan fingerprint density at radius 1 is 1.11 bits per heavy atom. The standard InChI is InChI=1S/C17H13F6N3O2.C5H9NO2/c1-8(14(24)27)15(28)26-12-4-3-10(16(18,19)20)6-11(12)9-2-5-13(25-7-9)17(21,22)23;7-5(8)4-2-1-3-6-4/h2-8H,1H3,(H2,24,27)(H,26,28);4,6H,1-3H2,(H,7,8)/t8-;/m1./s1. The van der Waals surface area contributed by atoms with E-state index in [9.17, 15) is 40.7 Å². The van der Waals surface area contributed by atoms with E-state index in [-0.39, 0.29) is 22.9 Å². The fraction of sp³-hybridized carbons (Fsp3) is 0.364. The van der Waals surface area contributed by atoms with E-state index in [1.165, 1.54) is 6.92 Å². The Labute approximate surface area is 200 Å². The third-order valence-electron chi connectivity index (χ3n) is 5.15. The van der Waals surface area contributed by atoms with Crippen molar-refractivity contribution in [1.82, 2.24) is 10.3 Å². The van der Waals surface area contributed by atoms with Crippen molar-refractivity contribution in [3.8, 4) is 11.1 Å². The molecule has 14 heteroatoms. The number of alkyl halides is 6. The second kappa shape index (κ2) is 11.4. The molecule has 1 aromatic carbocycles. The number of carbonyl (C=O) groups excluding carboxylic acids is 2. The number of hydrogen-bond donors (Lipinski definition) is 4. The minimum Gasteiger partial charge on any atom is -0.480 e. The lowest BCUT2D eigenvalue weighted by atomic mass is 10.0. The van der Waals surface area contributed by atoms with Crippen LogP contribution in [0, 0.1) is 5.92 Å². The van der Waals surface area contributed by atoms with E-state index in [0.29, 0.717) is 18.2 Å². The number of rotatable bonds is 5. The molecule has 2 aromatic rings. The molecule has 0 aliphatic carbocycles. The molecule has 5 N–H and O–H groups in total. The van der Waals surface area contributed by atoms with E-state index < -0.39 is 47.3 Å². The molecule has 0 radical (unpaired) electrons. The Balaban J connectivity index is 0.000000482. The maximum atomic E-state index is 13.0. The van der Waals surface area contributed by atoms with Crippen LogP contribution in [0.15, 0.2) is 36.5 Å². The smallest absolute Gasteiger partial charge is 0.433 e. The molecular weight excluding hydrogens is 498 g/mol. The van der Waals surface area contributed by atoms with E-state index in [1.54, 1.807) is 0 Å². The second-order valence-corrected chi connectivity index (χ2v) is 7.79. The number of nitrogens with zero attached hydrogens (tertiary/aromatic N) is 1. The van der Waals surface area contributed by atoms with Crippen molar-refractivity contribution < 1.29 is 45.8 Å². The lowest BCUT2D eigenvalue weighted by Gasteiger charge is -2.16. The zero-order chi connectivity index (χ0) is 27.3. The first-order valence-electron chi connectivity index (χ1n) is 10.4. The molecule has 2 atom stereocenters. The number of pyridine rings is 1. The number of halogens is 6. The molecule has 1 aliphatic rings. The van der Waals surface area contributed by atoms with Crippen molar-refractivity contribution in [3.63, 3.8) is 0 Å². The first kappa shape index (κ1) is 28.6. The molecule has 1 saturated heterocycles. The van der Waals surface area contributed by atoms with Crippen molar-refractivity contribution in [3.05, 3.63) is 47.8 Å². The summed E-state index contributed by atoms with van der Waals surface area (Å²) in [6.45, 7) is 2.05. The first-order valence-corrected chi connectivity index (χ1v) is 10.4. The van der Waals surface area contributed by atoms with Gasteiger partial charge in [-0.05, 0) is 50.6 Å². The molecule has 1 unspecified atom stereocenters. The van der Waals surface area contributed by atoms with Crippen molar-refractivity contribution >= 4 is 23.5 Å². The van der Waals surface area contributed by atoms with Gasteiger partial charge in [0.05, 0.1) is 5.56 Å². The molecule has 36 heavy (non-hydrogen) atoms. The summed E-state index contributed by atoms with van der Waals surface area (Å²) in [6, 6.07) is 3.54. The van der Waals surface area contributed by atoms with Gasteiger partial charge in [0.15, 0.2) is 0 Å². The predicted molar refractivity (Wildman–Crippen MR) is 115 cm³/mol. The SMILES string of the molecule is C[C@H](C(N)=O)C(=O)Nc1ccc(C(F)(F)F)cc1-c1ccc(C(F)(F)F)nc1.O=C(O)C1CCCN1. The van der Waals surface area contributed by atoms with Gasteiger partial charge in [-0.2, -0.15) is 26.3 Å². The van der Waals surface area contributed by atoms with Gasteiger partial charge in [-0.15, -0.1) is 0 Å². The lowest BCUT2D eigenvalue weighted by Crippen LogP contribution is -2.32. The first-order chi connectivity index (χ1) is 16.6. The minimum atomic E-state index is -4.73. The number of nitrogens with two attached hydrogens (primary N) is 1. The Morgan fingerprint density at radius 3 is 2.19 bits per heavy atom. The number of benzene rings is 1. The summed E-state index contributed by atoms with van der Waals surface area (Å²) in [4.78, 5) is 36.5. The molecule has 2 heterocycles. The summed E-state index contributed by atoms with van der Waals surface area (Å²) in [7, 11) is 0. The molecule has 0 saturated carbocycles. The number of nitrogens with one attached hydrogen (secondary N) is 2. The van der Waals surface area contributed by atoms with Crippen LogP contribution in [0.25, 0.3) is 11.1 Å². The maximum Gasteiger partial charge on any atom is 0.433 e. The summed E-state index contributed by atoms with van der Waals surface area (Å²) < 4.78 is 77.0. The van der Waals surface area contributed by atoms with Crippen molar-refractivity contribution in [2.75, 3.05) is 11.9 Å². The Kier molecular flexibility index (Phi) is 9.02. The van der Waals surface area contributed by atoms with Gasteiger partial charge in [0.2, 0.25) is 11.8 Å². The summed E-state index contributed by atoms with van der Waals surface area (Å²) >= 11 is 0. The van der Waals surface area contributed by atoms with Crippen LogP contribution in [0.1, 0.15) is 31.0 Å². The predicted octanol–water partition coefficient (Wildman–Crippen LogP) is 3.67. The highest BCUT2D eigenvalue weighted by Gasteiger charge is 2.33. The summed E-state index contributed by atoms with van der Waals surface area (Å²) in [6.07, 6.45) is -6.92. The van der Waals surface area contributed by atoms with E-state index in [1.807, 2.05) is 0 Å². The Morgan fingerprint density at radius 2 is 1.78 bits per heavy atom. The lowest BCUT2D eigenvalue weighted by molar-refractivity contribution is -0.141. The van der Waals surface area contributed by atoms with Crippen molar-refractivity contribution in [2.24, 2.45) is 11.7 Å². The van der Waals surface area contributed by atoms with E-state index in [0.717, 1.165) is 37.7 Å². The highest BCUT2D eigenvalue weighted by molar-refractivity contribution is 6.07. The third kappa shape index (κ3) is 7.66. The van der Waals surface area contributed by atoms with Crippen molar-refractivity contribution in [1.29, 1.82) is 0 Å². The van der Waals surface area contributed by atoms with Gasteiger partial charge in [-0.1, -0.05) is 6.07 Å². The molecule has 2 amide bonds. The fourth-order valence-electron chi connectivity index (χ4n) is 3.05. The Bertz CT molecular complexity index is 1100. The van der Waals surface area contributed by atoms with Gasteiger partial charge in [0.25, 0.3) is 0 Å². The van der Waals surface area contributed by atoms with Crippen LogP contribution in [0.5, 0.6) is 0 Å². The molecule has 3 rings (SSSR count). The van der Waals surface area contributed by atoms with Crippen LogP contribution < -0.4 is 16.4 Å². The Hall–Kier alpha value is -3.68. The molecule has 196 valence electrons. The van der Waals surface area contributed by atoms with Crippen LogP contribution in [-0.4, -0.2) is 40.5 Å². The molecule has 1 aliphatic heterocycles. The summed E-state index contributed by atoms with van der Waals surface area (Å²) in [5.74, 6) is -3.83. The van der Waals surface area contributed by atoms with Gasteiger partial charge in [0.1, 0.15) is 17.7 Å². The number of carbonyl (C=O) groups is 3. The van der Waals surface area contributed by atoms with Crippen LogP contribution in [0.3, 0.4) is 0 Å². The normalized spacial score (nSPS) is 16.5. The van der Waals surface area contributed by atoms with Crippen LogP contribution >= 0.6 is 0 Å². The van der Waals surface area contributed by atoms with Crippen molar-refractivity contribution in [2.45, 2.75) is 38.2 Å². The largest absolute Gasteiger partial charge is 0.480 e. The average molecular weight is 520 g/mol. The number of carboxylic acids is 1. The highest BCUT2D eigenvalue weighted by atomic mass is 19.4. The number of anilines is 1. The van der Waals surface area contributed by atoms with Gasteiger partial charge >= 0.3 is 18.3 Å². The number of amides is 2. The zero-order valence-electron chi connectivity index (χ0n) is 18.7. The maximum absolute atomic E-state index is 13.0. The number of primary amides is 1. The molecule has 0 bridgehead atoms. The third-order valence-corrected chi connectivity index (χ3v) is 5.15. The molecular formula is C22H22F6N4O4. The number of carboxylic acid groups (broad SMARTS) is 1. The van der Waals surface area contributed by atoms with Crippen LogP contribution in [-0.2, 0) is 26.7 Å². The number of aliphatic carboxylic acids is 1. The number of hydrogen-bond acceptors (Lipinski definition) is 5. The monoisotopic (exact) mass is 520 g/mol. The van der Waals surface area contributed by atoms with Gasteiger partial charge in [-0.3, -0.25) is 19.4 Å². The number of aromatic nitrogens is 1.